The molecule has 1 aromatic carbocycles. The average molecular weight is 402 g/mol. The summed E-state index contributed by atoms with van der Waals surface area (Å²) >= 11 is 2.14. The molecule has 0 aliphatic rings. The minimum atomic E-state index is -0.360. The second-order valence-corrected chi connectivity index (χ2v) is 5.43. The number of rotatable bonds is 6. The molecule has 21 heavy (non-hydrogen) atoms. The van der Waals surface area contributed by atoms with Gasteiger partial charge in [0.05, 0.1) is 18.4 Å². The molecule has 0 bridgehead atoms. The molecule has 2 aromatic rings. The zero-order chi connectivity index (χ0) is 15.2. The zero-order valence-electron chi connectivity index (χ0n) is 11.5. The van der Waals surface area contributed by atoms with E-state index in [1.54, 1.807) is 12.1 Å². The zero-order valence-corrected chi connectivity index (χ0v) is 13.6. The van der Waals surface area contributed by atoms with Crippen LogP contribution in [0.15, 0.2) is 30.5 Å². The molecule has 0 aliphatic carbocycles. The Hall–Kier alpha value is -1.77. The van der Waals surface area contributed by atoms with E-state index in [0.717, 1.165) is 15.6 Å². The van der Waals surface area contributed by atoms with Crippen LogP contribution in [-0.2, 0) is 11.3 Å². The first-order valence-electron chi connectivity index (χ1n) is 6.44. The van der Waals surface area contributed by atoms with Crippen molar-refractivity contribution < 1.29 is 19.5 Å². The Morgan fingerprint density at radius 3 is 2.90 bits per heavy atom. The number of ether oxygens (including phenoxy) is 2. The quantitative estimate of drug-likeness (QED) is 0.457. The molecule has 1 aromatic heterocycles. The molecule has 2 rings (SSSR count). The summed E-state index contributed by atoms with van der Waals surface area (Å²) in [6.45, 7) is 2.50. The Balaban J connectivity index is 2.15. The van der Waals surface area contributed by atoms with Gasteiger partial charge in [0.2, 0.25) is 5.88 Å². The average Bonchev–Trinajstić information content (AvgIpc) is 2.89. The third-order valence-corrected chi connectivity index (χ3v) is 3.70. The molecule has 0 aliphatic heterocycles. The number of hydrogen-bond acceptors (Lipinski definition) is 5. The van der Waals surface area contributed by atoms with Gasteiger partial charge in [0.25, 0.3) is 0 Å². The fourth-order valence-electron chi connectivity index (χ4n) is 1.69. The smallest absolute Gasteiger partial charge is 0.338 e. The molecule has 0 spiro atoms. The van der Waals surface area contributed by atoms with Crippen molar-refractivity contribution in [1.82, 2.24) is 9.94 Å². The van der Waals surface area contributed by atoms with Gasteiger partial charge in [-0.25, -0.2) is 4.79 Å². The molecule has 1 N–H and O–H groups in total. The minimum Gasteiger partial charge on any atom is -0.472 e. The number of benzene rings is 1. The summed E-state index contributed by atoms with van der Waals surface area (Å²) in [4.78, 5) is 12.7. The van der Waals surface area contributed by atoms with Gasteiger partial charge >= 0.3 is 5.97 Å². The SMILES string of the molecule is CCCOC(=O)c1cccc(I)c1COc1ccn(O)n1. The highest BCUT2D eigenvalue weighted by molar-refractivity contribution is 14.1. The number of hydrogen-bond donors (Lipinski definition) is 1. The molecule has 0 saturated heterocycles. The van der Waals surface area contributed by atoms with Crippen LogP contribution in [0.5, 0.6) is 5.88 Å². The van der Waals surface area contributed by atoms with Crippen LogP contribution >= 0.6 is 22.6 Å². The summed E-state index contributed by atoms with van der Waals surface area (Å²) in [7, 11) is 0. The predicted molar refractivity (Wildman–Crippen MR) is 83.5 cm³/mol. The van der Waals surface area contributed by atoms with Gasteiger partial charge in [-0.3, -0.25) is 0 Å². The highest BCUT2D eigenvalue weighted by atomic mass is 127. The Morgan fingerprint density at radius 2 is 2.24 bits per heavy atom. The van der Waals surface area contributed by atoms with Gasteiger partial charge in [0.15, 0.2) is 0 Å². The third-order valence-electron chi connectivity index (χ3n) is 2.69. The van der Waals surface area contributed by atoms with Crippen LogP contribution in [0, 0.1) is 3.57 Å². The van der Waals surface area contributed by atoms with Crippen molar-refractivity contribution in [1.29, 1.82) is 0 Å². The van der Waals surface area contributed by atoms with Crippen molar-refractivity contribution >= 4 is 28.6 Å². The second-order valence-electron chi connectivity index (χ2n) is 4.26. The van der Waals surface area contributed by atoms with Gasteiger partial charge in [-0.15, -0.1) is 4.85 Å². The largest absolute Gasteiger partial charge is 0.472 e. The van der Waals surface area contributed by atoms with Crippen LogP contribution < -0.4 is 4.74 Å². The van der Waals surface area contributed by atoms with E-state index in [4.69, 9.17) is 14.7 Å². The molecule has 0 unspecified atom stereocenters. The molecule has 0 amide bonds. The summed E-state index contributed by atoms with van der Waals surface area (Å²) in [5, 5.41) is 12.8. The van der Waals surface area contributed by atoms with E-state index >= 15 is 0 Å². The predicted octanol–water partition coefficient (Wildman–Crippen LogP) is 2.87. The molecule has 0 radical (unpaired) electrons. The number of nitrogens with zero attached hydrogens (tertiary/aromatic N) is 2. The second kappa shape index (κ2) is 7.30. The summed E-state index contributed by atoms with van der Waals surface area (Å²) in [5.41, 5.74) is 1.23. The maximum absolute atomic E-state index is 12.1. The van der Waals surface area contributed by atoms with Gasteiger partial charge in [0.1, 0.15) is 6.61 Å². The van der Waals surface area contributed by atoms with E-state index in [0.29, 0.717) is 17.0 Å². The van der Waals surface area contributed by atoms with E-state index in [1.807, 2.05) is 13.0 Å². The van der Waals surface area contributed by atoms with Crippen LogP contribution in [-0.4, -0.2) is 27.7 Å². The van der Waals surface area contributed by atoms with Crippen LogP contribution in [0.1, 0.15) is 29.3 Å². The number of aromatic nitrogens is 2. The fraction of sp³-hybridized carbons (Fsp3) is 0.286. The Morgan fingerprint density at radius 1 is 1.43 bits per heavy atom. The Kier molecular flexibility index (Phi) is 5.43. The number of halogens is 1. The molecular weight excluding hydrogens is 387 g/mol. The first-order valence-corrected chi connectivity index (χ1v) is 7.52. The molecule has 1 heterocycles. The molecule has 6 nitrogen and oxygen atoms in total. The minimum absolute atomic E-state index is 0.173. The number of esters is 1. The van der Waals surface area contributed by atoms with E-state index in [-0.39, 0.29) is 18.5 Å². The molecule has 112 valence electrons. The molecule has 7 heteroatoms. The first kappa shape index (κ1) is 15.6. The van der Waals surface area contributed by atoms with Gasteiger partial charge < -0.3 is 14.7 Å². The maximum atomic E-state index is 12.1. The van der Waals surface area contributed by atoms with E-state index in [1.165, 1.54) is 12.3 Å². The lowest BCUT2D eigenvalue weighted by Gasteiger charge is -2.11. The van der Waals surface area contributed by atoms with Crippen molar-refractivity contribution in [3.05, 3.63) is 45.2 Å². The van der Waals surface area contributed by atoms with Crippen molar-refractivity contribution in [2.75, 3.05) is 6.61 Å². The van der Waals surface area contributed by atoms with Gasteiger partial charge in [0, 0.05) is 15.2 Å². The lowest BCUT2D eigenvalue weighted by Crippen LogP contribution is -2.12. The van der Waals surface area contributed by atoms with Crippen molar-refractivity contribution in [2.45, 2.75) is 20.0 Å². The normalized spacial score (nSPS) is 10.4. The van der Waals surface area contributed by atoms with Gasteiger partial charge in [-0.1, -0.05) is 18.1 Å². The third kappa shape index (κ3) is 4.10. The van der Waals surface area contributed by atoms with Crippen LogP contribution in [0.3, 0.4) is 0 Å². The highest BCUT2D eigenvalue weighted by Crippen LogP contribution is 2.20. The fourth-order valence-corrected chi connectivity index (χ4v) is 2.34. The summed E-state index contributed by atoms with van der Waals surface area (Å²) in [6, 6.07) is 6.94. The molecule has 0 saturated carbocycles. The first-order chi connectivity index (χ1) is 10.1. The van der Waals surface area contributed by atoms with E-state index < -0.39 is 0 Å². The van der Waals surface area contributed by atoms with Crippen molar-refractivity contribution in [3.63, 3.8) is 0 Å². The van der Waals surface area contributed by atoms with E-state index in [2.05, 4.69) is 27.7 Å². The number of carbonyl (C=O) groups excluding carboxylic acids is 1. The topological polar surface area (TPSA) is 73.6 Å². The molecule has 0 fully saturated rings. The number of carbonyl (C=O) groups is 1. The van der Waals surface area contributed by atoms with Crippen LogP contribution in [0.4, 0.5) is 0 Å². The maximum Gasteiger partial charge on any atom is 0.338 e. The molecule has 0 atom stereocenters. The summed E-state index contributed by atoms with van der Waals surface area (Å²) < 4.78 is 11.6. The highest BCUT2D eigenvalue weighted by Gasteiger charge is 2.16. The summed E-state index contributed by atoms with van der Waals surface area (Å²) in [5.74, 6) is -0.0771. The monoisotopic (exact) mass is 402 g/mol. The van der Waals surface area contributed by atoms with Gasteiger partial charge in [-0.2, -0.15) is 0 Å². The van der Waals surface area contributed by atoms with Crippen LogP contribution in [0.2, 0.25) is 0 Å². The lowest BCUT2D eigenvalue weighted by atomic mass is 10.1. The molecular formula is C14H15IN2O4. The van der Waals surface area contributed by atoms with E-state index in [9.17, 15) is 4.79 Å². The Labute approximate surface area is 135 Å². The summed E-state index contributed by atoms with van der Waals surface area (Å²) in [6.07, 6.45) is 2.14. The van der Waals surface area contributed by atoms with Crippen molar-refractivity contribution in [2.24, 2.45) is 0 Å². The standard InChI is InChI=1S/C14H15IN2O4/c1-2-8-20-14(18)10-4-3-5-12(15)11(10)9-21-13-6-7-17(19)16-13/h3-7,19H,2,8-9H2,1H3. The van der Waals surface area contributed by atoms with Gasteiger partial charge in [-0.05, 0) is 41.1 Å². The Bertz CT molecular complexity index is 627. The lowest BCUT2D eigenvalue weighted by molar-refractivity contribution is 0.0501. The van der Waals surface area contributed by atoms with Crippen molar-refractivity contribution in [3.8, 4) is 5.88 Å². The van der Waals surface area contributed by atoms with Crippen LogP contribution in [0.25, 0.3) is 0 Å².